The van der Waals surface area contributed by atoms with Crippen LogP contribution in [0.15, 0.2) is 18.3 Å². The molecule has 0 aliphatic rings. The highest BCUT2D eigenvalue weighted by molar-refractivity contribution is 6.31. The molecule has 4 nitrogen and oxygen atoms in total. The van der Waals surface area contributed by atoms with E-state index >= 15 is 0 Å². The Morgan fingerprint density at radius 2 is 2.35 bits per heavy atom. The van der Waals surface area contributed by atoms with Crippen LogP contribution >= 0.6 is 11.6 Å². The maximum absolute atomic E-state index is 8.82. The lowest BCUT2D eigenvalue weighted by Crippen LogP contribution is -2.48. The zero-order valence-electron chi connectivity index (χ0n) is 10.2. The minimum Gasteiger partial charge on any atom is -0.475 e. The van der Waals surface area contributed by atoms with Gasteiger partial charge in [0.25, 0.3) is 0 Å². The number of nitrogens with one attached hydrogen (secondary N) is 1. The first-order valence-electron chi connectivity index (χ1n) is 5.70. The SMILES string of the molecule is CCC(C)(COc1ncccc1Cl)NCCO. The molecule has 0 amide bonds. The van der Waals surface area contributed by atoms with Crippen LogP contribution in [0.4, 0.5) is 0 Å². The monoisotopic (exact) mass is 258 g/mol. The molecule has 1 heterocycles. The van der Waals surface area contributed by atoms with E-state index in [1.165, 1.54) is 0 Å². The van der Waals surface area contributed by atoms with Crippen molar-refractivity contribution in [2.24, 2.45) is 0 Å². The summed E-state index contributed by atoms with van der Waals surface area (Å²) in [5, 5.41) is 12.6. The highest BCUT2D eigenvalue weighted by atomic mass is 35.5. The van der Waals surface area contributed by atoms with Crippen molar-refractivity contribution in [3.63, 3.8) is 0 Å². The predicted octanol–water partition coefficient (Wildman–Crippen LogP) is 1.86. The topological polar surface area (TPSA) is 54.4 Å². The second-order valence-corrected chi connectivity index (χ2v) is 4.55. The standard InChI is InChI=1S/C12H19ClN2O2/c1-3-12(2,15-7-8-16)9-17-11-10(13)5-4-6-14-11/h4-6,15-16H,3,7-9H2,1-2H3. The molecule has 2 N–H and O–H groups in total. The fourth-order valence-corrected chi connectivity index (χ4v) is 1.52. The average Bonchev–Trinajstić information content (AvgIpc) is 2.35. The molecule has 0 spiro atoms. The van der Waals surface area contributed by atoms with E-state index in [4.69, 9.17) is 21.4 Å². The van der Waals surface area contributed by atoms with Crippen LogP contribution in [-0.2, 0) is 0 Å². The number of rotatable bonds is 7. The minimum atomic E-state index is -0.191. The van der Waals surface area contributed by atoms with Crippen LogP contribution in [0, 0.1) is 0 Å². The molecule has 0 saturated heterocycles. The molecule has 96 valence electrons. The lowest BCUT2D eigenvalue weighted by Gasteiger charge is -2.29. The van der Waals surface area contributed by atoms with Gasteiger partial charge in [-0.05, 0) is 25.5 Å². The van der Waals surface area contributed by atoms with Gasteiger partial charge in [-0.15, -0.1) is 0 Å². The summed E-state index contributed by atoms with van der Waals surface area (Å²) in [6.45, 7) is 5.22. The van der Waals surface area contributed by atoms with Gasteiger partial charge < -0.3 is 15.2 Å². The number of nitrogens with zero attached hydrogens (tertiary/aromatic N) is 1. The van der Waals surface area contributed by atoms with Gasteiger partial charge in [-0.1, -0.05) is 18.5 Å². The largest absolute Gasteiger partial charge is 0.475 e. The van der Waals surface area contributed by atoms with E-state index in [9.17, 15) is 0 Å². The van der Waals surface area contributed by atoms with Crippen LogP contribution in [-0.4, -0.2) is 35.4 Å². The fraction of sp³-hybridized carbons (Fsp3) is 0.583. The molecule has 0 aromatic carbocycles. The maximum Gasteiger partial charge on any atom is 0.232 e. The number of hydrogen-bond acceptors (Lipinski definition) is 4. The molecule has 0 saturated carbocycles. The van der Waals surface area contributed by atoms with E-state index in [-0.39, 0.29) is 12.1 Å². The van der Waals surface area contributed by atoms with Gasteiger partial charge in [0.2, 0.25) is 5.88 Å². The van der Waals surface area contributed by atoms with E-state index < -0.39 is 0 Å². The molecule has 1 atom stereocenters. The Balaban J connectivity index is 2.55. The summed E-state index contributed by atoms with van der Waals surface area (Å²) < 4.78 is 5.60. The first-order chi connectivity index (χ1) is 8.11. The summed E-state index contributed by atoms with van der Waals surface area (Å²) >= 11 is 5.95. The van der Waals surface area contributed by atoms with Gasteiger partial charge in [0.1, 0.15) is 11.6 Å². The van der Waals surface area contributed by atoms with E-state index in [2.05, 4.69) is 17.2 Å². The molecular formula is C12H19ClN2O2. The number of β-amino-alcohol motifs (C(OH)–C–C–N with tert-alkyl or cyclic N) is 1. The summed E-state index contributed by atoms with van der Waals surface area (Å²) in [5.41, 5.74) is -0.191. The quantitative estimate of drug-likeness (QED) is 0.784. The summed E-state index contributed by atoms with van der Waals surface area (Å²) in [6.07, 6.45) is 2.53. The zero-order valence-corrected chi connectivity index (χ0v) is 11.0. The molecular weight excluding hydrogens is 240 g/mol. The Morgan fingerprint density at radius 3 is 2.94 bits per heavy atom. The van der Waals surface area contributed by atoms with E-state index in [0.717, 1.165) is 6.42 Å². The number of aliphatic hydroxyl groups excluding tert-OH is 1. The van der Waals surface area contributed by atoms with E-state index in [0.29, 0.717) is 24.1 Å². The van der Waals surface area contributed by atoms with Crippen molar-refractivity contribution >= 4 is 11.6 Å². The van der Waals surface area contributed by atoms with Crippen molar-refractivity contribution in [1.82, 2.24) is 10.3 Å². The maximum atomic E-state index is 8.82. The first kappa shape index (κ1) is 14.2. The number of hydrogen-bond donors (Lipinski definition) is 2. The lowest BCUT2D eigenvalue weighted by atomic mass is 10.0. The smallest absolute Gasteiger partial charge is 0.232 e. The molecule has 1 rings (SSSR count). The molecule has 0 radical (unpaired) electrons. The molecule has 1 aromatic rings. The van der Waals surface area contributed by atoms with E-state index in [1.54, 1.807) is 18.3 Å². The van der Waals surface area contributed by atoms with Gasteiger partial charge in [0.15, 0.2) is 0 Å². The van der Waals surface area contributed by atoms with Crippen molar-refractivity contribution in [2.75, 3.05) is 19.8 Å². The Kier molecular flexibility index (Phi) is 5.68. The Bertz CT molecular complexity index is 349. The second-order valence-electron chi connectivity index (χ2n) is 4.14. The van der Waals surface area contributed by atoms with Gasteiger partial charge in [-0.2, -0.15) is 0 Å². The summed E-state index contributed by atoms with van der Waals surface area (Å²) in [5.74, 6) is 0.444. The number of aliphatic hydroxyl groups is 1. The van der Waals surface area contributed by atoms with Gasteiger partial charge in [-0.25, -0.2) is 4.98 Å². The normalized spacial score (nSPS) is 14.4. The molecule has 5 heteroatoms. The van der Waals surface area contributed by atoms with Crippen molar-refractivity contribution in [2.45, 2.75) is 25.8 Å². The van der Waals surface area contributed by atoms with Crippen LogP contribution in [0.5, 0.6) is 5.88 Å². The van der Waals surface area contributed by atoms with Gasteiger partial charge in [0, 0.05) is 18.3 Å². The molecule has 17 heavy (non-hydrogen) atoms. The van der Waals surface area contributed by atoms with Crippen LogP contribution in [0.1, 0.15) is 20.3 Å². The summed E-state index contributed by atoms with van der Waals surface area (Å²) in [6, 6.07) is 3.51. The Labute approximate surface area is 107 Å². The third kappa shape index (κ3) is 4.50. The van der Waals surface area contributed by atoms with Gasteiger partial charge in [-0.3, -0.25) is 0 Å². The van der Waals surface area contributed by atoms with Gasteiger partial charge in [0.05, 0.1) is 6.61 Å². The summed E-state index contributed by atoms with van der Waals surface area (Å²) in [4.78, 5) is 4.06. The molecule has 0 fully saturated rings. The van der Waals surface area contributed by atoms with Crippen molar-refractivity contribution in [1.29, 1.82) is 0 Å². The second kappa shape index (κ2) is 6.79. The van der Waals surface area contributed by atoms with Gasteiger partial charge >= 0.3 is 0 Å². The van der Waals surface area contributed by atoms with E-state index in [1.807, 2.05) is 6.92 Å². The first-order valence-corrected chi connectivity index (χ1v) is 6.08. The fourth-order valence-electron chi connectivity index (χ4n) is 1.34. The third-order valence-corrected chi connectivity index (χ3v) is 2.98. The number of halogens is 1. The number of ether oxygens (including phenoxy) is 1. The van der Waals surface area contributed by atoms with Crippen LogP contribution in [0.25, 0.3) is 0 Å². The summed E-state index contributed by atoms with van der Waals surface area (Å²) in [7, 11) is 0. The predicted molar refractivity (Wildman–Crippen MR) is 68.5 cm³/mol. The van der Waals surface area contributed by atoms with Crippen molar-refractivity contribution in [3.8, 4) is 5.88 Å². The van der Waals surface area contributed by atoms with Crippen LogP contribution in [0.2, 0.25) is 5.02 Å². The van der Waals surface area contributed by atoms with Crippen molar-refractivity contribution < 1.29 is 9.84 Å². The molecule has 0 aliphatic carbocycles. The minimum absolute atomic E-state index is 0.111. The number of aromatic nitrogens is 1. The van der Waals surface area contributed by atoms with Crippen molar-refractivity contribution in [3.05, 3.63) is 23.4 Å². The molecule has 1 aromatic heterocycles. The third-order valence-electron chi connectivity index (χ3n) is 2.70. The number of pyridine rings is 1. The molecule has 0 bridgehead atoms. The Hall–Kier alpha value is -0.840. The molecule has 0 aliphatic heterocycles. The molecule has 1 unspecified atom stereocenters. The Morgan fingerprint density at radius 1 is 1.59 bits per heavy atom. The van der Waals surface area contributed by atoms with Crippen LogP contribution < -0.4 is 10.1 Å². The lowest BCUT2D eigenvalue weighted by molar-refractivity contribution is 0.172. The average molecular weight is 259 g/mol. The highest BCUT2D eigenvalue weighted by Gasteiger charge is 2.22. The zero-order chi connectivity index (χ0) is 12.7. The highest BCUT2D eigenvalue weighted by Crippen LogP contribution is 2.21. The van der Waals surface area contributed by atoms with Crippen LogP contribution in [0.3, 0.4) is 0 Å².